The van der Waals surface area contributed by atoms with Gasteiger partial charge in [-0.15, -0.1) is 0 Å². The van der Waals surface area contributed by atoms with Crippen LogP contribution in [0.25, 0.3) is 0 Å². The van der Waals surface area contributed by atoms with E-state index in [1.807, 2.05) is 0 Å². The lowest BCUT2D eigenvalue weighted by molar-refractivity contribution is 0.244. The van der Waals surface area contributed by atoms with Gasteiger partial charge in [0, 0.05) is 5.92 Å². The Bertz CT molecular complexity index is 493. The summed E-state index contributed by atoms with van der Waals surface area (Å²) >= 11 is 0. The molecule has 1 aromatic carbocycles. The first-order valence-electron chi connectivity index (χ1n) is 5.71. The molecule has 7 heteroatoms. The third-order valence-electron chi connectivity index (χ3n) is 2.41. The molecule has 1 aromatic rings. The summed E-state index contributed by atoms with van der Waals surface area (Å²) in [6.07, 6.45) is 0. The van der Waals surface area contributed by atoms with Crippen LogP contribution in [0.15, 0.2) is 18.2 Å². The van der Waals surface area contributed by atoms with Crippen molar-refractivity contribution >= 4 is 10.0 Å². The van der Waals surface area contributed by atoms with Gasteiger partial charge in [-0.3, -0.25) is 0 Å². The van der Waals surface area contributed by atoms with Gasteiger partial charge < -0.3 is 14.2 Å². The minimum atomic E-state index is -3.50. The van der Waals surface area contributed by atoms with Gasteiger partial charge in [0.1, 0.15) is 0 Å². The van der Waals surface area contributed by atoms with Gasteiger partial charge in [-0.2, -0.15) is 0 Å². The van der Waals surface area contributed by atoms with Crippen LogP contribution < -0.4 is 19.3 Å². The molecular weight excluding hydrogens is 270 g/mol. The number of hydrogen-bond donors (Lipinski definition) is 1. The van der Waals surface area contributed by atoms with Gasteiger partial charge in [0.25, 0.3) is 0 Å². The molecule has 1 rings (SSSR count). The van der Waals surface area contributed by atoms with Crippen molar-refractivity contribution in [3.8, 4) is 17.2 Å². The lowest BCUT2D eigenvalue weighted by Crippen LogP contribution is -2.25. The molecule has 0 aliphatic carbocycles. The van der Waals surface area contributed by atoms with Gasteiger partial charge in [0.05, 0.1) is 26.6 Å². The monoisotopic (exact) mass is 289 g/mol. The Balaban J connectivity index is 2.76. The summed E-state index contributed by atoms with van der Waals surface area (Å²) in [5.41, 5.74) is 0. The number of hydrogen-bond acceptors (Lipinski definition) is 5. The van der Waals surface area contributed by atoms with E-state index in [4.69, 9.17) is 19.3 Å². The summed E-state index contributed by atoms with van der Waals surface area (Å²) < 4.78 is 37.9. The van der Waals surface area contributed by atoms with E-state index in [9.17, 15) is 8.42 Å². The second-order valence-electron chi connectivity index (χ2n) is 4.24. The van der Waals surface area contributed by atoms with Gasteiger partial charge in [-0.1, -0.05) is 13.0 Å². The van der Waals surface area contributed by atoms with Gasteiger partial charge in [-0.05, 0) is 12.1 Å². The van der Waals surface area contributed by atoms with Crippen LogP contribution in [-0.2, 0) is 10.0 Å². The first-order chi connectivity index (χ1) is 8.87. The van der Waals surface area contributed by atoms with Gasteiger partial charge in [0.2, 0.25) is 15.8 Å². The Morgan fingerprint density at radius 1 is 1.21 bits per heavy atom. The highest BCUT2D eigenvalue weighted by molar-refractivity contribution is 7.89. The Kier molecular flexibility index (Phi) is 5.44. The third-order valence-corrected chi connectivity index (χ3v) is 3.45. The maximum atomic E-state index is 11.0. The Morgan fingerprint density at radius 3 is 2.16 bits per heavy atom. The van der Waals surface area contributed by atoms with Crippen molar-refractivity contribution in [1.82, 2.24) is 0 Å². The standard InChI is InChI=1S/C12H19NO5S/c1-9(8-19(13,14)15)7-18-12-10(16-2)5-4-6-11(12)17-3/h4-6,9H,7-8H2,1-3H3,(H2,13,14,15). The molecule has 1 unspecified atom stereocenters. The van der Waals surface area contributed by atoms with Gasteiger partial charge >= 0.3 is 0 Å². The largest absolute Gasteiger partial charge is 0.493 e. The molecule has 0 heterocycles. The molecular formula is C12H19NO5S. The minimum Gasteiger partial charge on any atom is -0.493 e. The number of primary sulfonamides is 1. The highest BCUT2D eigenvalue weighted by Gasteiger charge is 2.15. The van der Waals surface area contributed by atoms with Crippen molar-refractivity contribution in [3.05, 3.63) is 18.2 Å². The summed E-state index contributed by atoms with van der Waals surface area (Å²) in [6.45, 7) is 1.94. The molecule has 0 aliphatic heterocycles. The molecule has 0 spiro atoms. The van der Waals surface area contributed by atoms with E-state index in [2.05, 4.69) is 0 Å². The summed E-state index contributed by atoms with van der Waals surface area (Å²) in [4.78, 5) is 0. The lowest BCUT2D eigenvalue weighted by atomic mass is 10.2. The fourth-order valence-corrected chi connectivity index (χ4v) is 2.52. The van der Waals surface area contributed by atoms with Crippen LogP contribution in [0.5, 0.6) is 17.2 Å². The maximum absolute atomic E-state index is 11.0. The van der Waals surface area contributed by atoms with Crippen molar-refractivity contribution in [2.24, 2.45) is 11.1 Å². The average Bonchev–Trinajstić information content (AvgIpc) is 2.33. The molecule has 0 saturated carbocycles. The quantitative estimate of drug-likeness (QED) is 0.809. The number of methoxy groups -OCH3 is 2. The Labute approximate surface area is 113 Å². The smallest absolute Gasteiger partial charge is 0.209 e. The molecule has 2 N–H and O–H groups in total. The van der Waals surface area contributed by atoms with E-state index in [0.717, 1.165) is 0 Å². The van der Waals surface area contributed by atoms with E-state index in [1.165, 1.54) is 14.2 Å². The fourth-order valence-electron chi connectivity index (χ4n) is 1.63. The summed E-state index contributed by atoms with van der Waals surface area (Å²) in [5, 5.41) is 4.98. The van der Waals surface area contributed by atoms with Crippen molar-refractivity contribution in [2.45, 2.75) is 6.92 Å². The SMILES string of the molecule is COc1cccc(OC)c1OCC(C)CS(N)(=O)=O. The summed E-state index contributed by atoms with van der Waals surface area (Å²) in [7, 11) is -0.455. The van der Waals surface area contributed by atoms with Crippen LogP contribution in [0.3, 0.4) is 0 Å². The Morgan fingerprint density at radius 2 is 1.74 bits per heavy atom. The number of ether oxygens (including phenoxy) is 3. The van der Waals surface area contributed by atoms with Crippen molar-refractivity contribution in [3.63, 3.8) is 0 Å². The lowest BCUT2D eigenvalue weighted by Gasteiger charge is -2.16. The van der Waals surface area contributed by atoms with E-state index in [0.29, 0.717) is 17.2 Å². The van der Waals surface area contributed by atoms with Crippen LogP contribution in [0, 0.1) is 5.92 Å². The number of rotatable bonds is 7. The zero-order valence-corrected chi connectivity index (χ0v) is 12.1. The molecule has 0 aromatic heterocycles. The van der Waals surface area contributed by atoms with E-state index >= 15 is 0 Å². The normalized spacial score (nSPS) is 12.8. The minimum absolute atomic E-state index is 0.134. The second kappa shape index (κ2) is 6.63. The molecule has 0 amide bonds. The molecule has 0 bridgehead atoms. The zero-order valence-electron chi connectivity index (χ0n) is 11.3. The van der Waals surface area contributed by atoms with E-state index in [1.54, 1.807) is 25.1 Å². The van der Waals surface area contributed by atoms with Crippen molar-refractivity contribution in [2.75, 3.05) is 26.6 Å². The predicted octanol–water partition coefficient (Wildman–Crippen LogP) is 1.01. The molecule has 0 fully saturated rings. The van der Waals surface area contributed by atoms with Gasteiger partial charge in [-0.25, -0.2) is 13.6 Å². The molecule has 6 nitrogen and oxygen atoms in total. The number of benzene rings is 1. The Hall–Kier alpha value is -1.47. The van der Waals surface area contributed by atoms with Crippen LogP contribution in [0.4, 0.5) is 0 Å². The van der Waals surface area contributed by atoms with Crippen molar-refractivity contribution < 1.29 is 22.6 Å². The highest BCUT2D eigenvalue weighted by atomic mass is 32.2. The molecule has 0 aliphatic rings. The number of nitrogens with two attached hydrogens (primary N) is 1. The highest BCUT2D eigenvalue weighted by Crippen LogP contribution is 2.36. The fraction of sp³-hybridized carbons (Fsp3) is 0.500. The van der Waals surface area contributed by atoms with Crippen LogP contribution in [0.1, 0.15) is 6.92 Å². The first kappa shape index (κ1) is 15.6. The maximum Gasteiger partial charge on any atom is 0.209 e. The van der Waals surface area contributed by atoms with Crippen LogP contribution in [-0.4, -0.2) is 35.0 Å². The number of sulfonamides is 1. The zero-order chi connectivity index (χ0) is 14.5. The van der Waals surface area contributed by atoms with E-state index in [-0.39, 0.29) is 18.3 Å². The molecule has 19 heavy (non-hydrogen) atoms. The first-order valence-corrected chi connectivity index (χ1v) is 7.43. The van der Waals surface area contributed by atoms with E-state index < -0.39 is 10.0 Å². The summed E-state index contributed by atoms with van der Waals surface area (Å²) in [5.74, 6) is 1.15. The third kappa shape index (κ3) is 4.96. The van der Waals surface area contributed by atoms with Crippen LogP contribution >= 0.6 is 0 Å². The molecule has 0 radical (unpaired) electrons. The van der Waals surface area contributed by atoms with Gasteiger partial charge in [0.15, 0.2) is 11.5 Å². The summed E-state index contributed by atoms with van der Waals surface area (Å²) in [6, 6.07) is 5.25. The second-order valence-corrected chi connectivity index (χ2v) is 5.90. The molecule has 0 saturated heterocycles. The van der Waals surface area contributed by atoms with Crippen molar-refractivity contribution in [1.29, 1.82) is 0 Å². The number of para-hydroxylation sites is 1. The molecule has 108 valence electrons. The topological polar surface area (TPSA) is 87.8 Å². The molecule has 1 atom stereocenters. The predicted molar refractivity (Wildman–Crippen MR) is 72.2 cm³/mol. The van der Waals surface area contributed by atoms with Crippen LogP contribution in [0.2, 0.25) is 0 Å². The average molecular weight is 289 g/mol.